The lowest BCUT2D eigenvalue weighted by molar-refractivity contribution is -0.144. The van der Waals surface area contributed by atoms with Crippen molar-refractivity contribution >= 4 is 5.97 Å². The monoisotopic (exact) mass is 370 g/mol. The molecule has 154 valence electrons. The van der Waals surface area contributed by atoms with Crippen molar-refractivity contribution in [1.82, 2.24) is 0 Å². The number of carbonyl (C=O) groups excluding carboxylic acids is 1. The van der Waals surface area contributed by atoms with Gasteiger partial charge in [0.25, 0.3) is 0 Å². The maximum atomic E-state index is 11.5. The molecule has 0 aromatic heterocycles. The smallest absolute Gasteiger partial charge is 0.305 e. The number of hydrogen-bond donors (Lipinski definition) is 1. The van der Waals surface area contributed by atoms with Gasteiger partial charge in [-0.05, 0) is 32.1 Å². The fraction of sp³-hybridized carbons (Fsp3) is 0.864. The molecule has 0 radical (unpaired) electrons. The molecule has 1 atom stereocenters. The van der Waals surface area contributed by atoms with Crippen molar-refractivity contribution in [3.8, 4) is 0 Å². The largest absolute Gasteiger partial charge is 0.466 e. The molecular formula is C22H42O4. The number of aliphatic hydroxyl groups excluding tert-OH is 1. The highest BCUT2D eigenvalue weighted by molar-refractivity contribution is 5.69. The van der Waals surface area contributed by atoms with Crippen LogP contribution >= 0.6 is 0 Å². The summed E-state index contributed by atoms with van der Waals surface area (Å²) in [6.07, 6.45) is 18.7. The van der Waals surface area contributed by atoms with Crippen molar-refractivity contribution in [2.45, 2.75) is 103 Å². The number of ether oxygens (including phenoxy) is 2. The van der Waals surface area contributed by atoms with Crippen LogP contribution in [0, 0.1) is 0 Å². The Balaban J connectivity index is 3.30. The van der Waals surface area contributed by atoms with E-state index in [4.69, 9.17) is 9.47 Å². The zero-order valence-electron chi connectivity index (χ0n) is 17.2. The van der Waals surface area contributed by atoms with E-state index >= 15 is 0 Å². The maximum absolute atomic E-state index is 11.5. The molecule has 4 nitrogen and oxygen atoms in total. The first-order chi connectivity index (χ1) is 12.7. The van der Waals surface area contributed by atoms with E-state index in [1.165, 1.54) is 38.5 Å². The second-order valence-electron chi connectivity index (χ2n) is 7.08. The molecule has 0 heterocycles. The van der Waals surface area contributed by atoms with Crippen LogP contribution in [0.5, 0.6) is 0 Å². The number of methoxy groups -OCH3 is 1. The van der Waals surface area contributed by atoms with Crippen LogP contribution in [0.15, 0.2) is 12.2 Å². The fourth-order valence-electron chi connectivity index (χ4n) is 2.82. The summed E-state index contributed by atoms with van der Waals surface area (Å²) in [5.74, 6) is -0.0858. The van der Waals surface area contributed by atoms with Gasteiger partial charge in [-0.25, -0.2) is 0 Å². The summed E-state index contributed by atoms with van der Waals surface area (Å²) in [4.78, 5) is 11.5. The van der Waals surface area contributed by atoms with Crippen molar-refractivity contribution < 1.29 is 19.4 Å². The normalized spacial score (nSPS) is 12.6. The molecule has 0 spiro atoms. The Morgan fingerprint density at radius 1 is 0.923 bits per heavy atom. The van der Waals surface area contributed by atoms with Gasteiger partial charge in [-0.3, -0.25) is 4.79 Å². The molecule has 0 saturated heterocycles. The molecule has 0 aliphatic carbocycles. The maximum Gasteiger partial charge on any atom is 0.305 e. The Morgan fingerprint density at radius 2 is 1.65 bits per heavy atom. The van der Waals surface area contributed by atoms with E-state index in [1.807, 2.05) is 0 Å². The van der Waals surface area contributed by atoms with E-state index in [9.17, 15) is 9.90 Å². The van der Waals surface area contributed by atoms with Gasteiger partial charge in [-0.2, -0.15) is 0 Å². The lowest BCUT2D eigenvalue weighted by Crippen LogP contribution is -2.07. The van der Waals surface area contributed by atoms with Gasteiger partial charge in [0, 0.05) is 26.6 Å². The summed E-state index contributed by atoms with van der Waals surface area (Å²) >= 11 is 0. The first kappa shape index (κ1) is 25.1. The van der Waals surface area contributed by atoms with Gasteiger partial charge in [0.1, 0.15) is 0 Å². The first-order valence-corrected chi connectivity index (χ1v) is 10.7. The number of aliphatic hydroxyl groups is 1. The molecule has 0 saturated carbocycles. The quantitative estimate of drug-likeness (QED) is 0.183. The minimum absolute atomic E-state index is 0.0858. The van der Waals surface area contributed by atoms with Crippen LogP contribution in [0.4, 0.5) is 0 Å². The molecule has 0 bridgehead atoms. The Morgan fingerprint density at radius 3 is 2.42 bits per heavy atom. The van der Waals surface area contributed by atoms with Gasteiger partial charge >= 0.3 is 5.97 Å². The molecule has 0 rings (SSSR count). The SMILES string of the molecule is CCCCCC[C@@H](O)CC=CCCCCCCCC(=O)OCCCOC. The van der Waals surface area contributed by atoms with E-state index in [0.29, 0.717) is 19.6 Å². The van der Waals surface area contributed by atoms with Crippen molar-refractivity contribution in [3.63, 3.8) is 0 Å². The first-order valence-electron chi connectivity index (χ1n) is 10.7. The number of allylic oxidation sites excluding steroid dienone is 1. The summed E-state index contributed by atoms with van der Waals surface area (Å²) in [6, 6.07) is 0. The van der Waals surface area contributed by atoms with Crippen LogP contribution in [0.25, 0.3) is 0 Å². The van der Waals surface area contributed by atoms with Crippen LogP contribution in [0.2, 0.25) is 0 Å². The summed E-state index contributed by atoms with van der Waals surface area (Å²) in [5, 5.41) is 9.88. The zero-order chi connectivity index (χ0) is 19.3. The van der Waals surface area contributed by atoms with E-state index in [1.54, 1.807) is 7.11 Å². The van der Waals surface area contributed by atoms with Gasteiger partial charge in [-0.1, -0.05) is 64.0 Å². The molecule has 0 fully saturated rings. The van der Waals surface area contributed by atoms with E-state index in [2.05, 4.69) is 19.1 Å². The van der Waals surface area contributed by atoms with Gasteiger partial charge < -0.3 is 14.6 Å². The van der Waals surface area contributed by atoms with Crippen LogP contribution < -0.4 is 0 Å². The highest BCUT2D eigenvalue weighted by Crippen LogP contribution is 2.10. The lowest BCUT2D eigenvalue weighted by atomic mass is 10.1. The zero-order valence-corrected chi connectivity index (χ0v) is 17.2. The number of rotatable bonds is 19. The van der Waals surface area contributed by atoms with Crippen molar-refractivity contribution in [3.05, 3.63) is 12.2 Å². The lowest BCUT2D eigenvalue weighted by Gasteiger charge is -2.07. The Labute approximate surface area is 161 Å². The van der Waals surface area contributed by atoms with Crippen LogP contribution in [-0.4, -0.2) is 37.5 Å². The predicted octanol–water partition coefficient (Wildman–Crippen LogP) is 5.57. The predicted molar refractivity (Wildman–Crippen MR) is 108 cm³/mol. The van der Waals surface area contributed by atoms with Crippen molar-refractivity contribution in [2.75, 3.05) is 20.3 Å². The minimum Gasteiger partial charge on any atom is -0.466 e. The Hall–Kier alpha value is -0.870. The second kappa shape index (κ2) is 20.4. The standard InChI is InChI=1S/C22H42O4/c1-3-4-5-12-16-21(23)17-13-10-8-6-7-9-11-14-18-22(24)26-20-15-19-25-2/h10,13,21,23H,3-9,11-12,14-20H2,1-2H3/t21-/m1/s1. The van der Waals surface area contributed by atoms with Gasteiger partial charge in [0.05, 0.1) is 12.7 Å². The Bertz CT molecular complexity index is 328. The summed E-state index contributed by atoms with van der Waals surface area (Å²) in [5.41, 5.74) is 0. The highest BCUT2D eigenvalue weighted by Gasteiger charge is 2.02. The third-order valence-electron chi connectivity index (χ3n) is 4.47. The van der Waals surface area contributed by atoms with Crippen molar-refractivity contribution in [2.24, 2.45) is 0 Å². The molecule has 26 heavy (non-hydrogen) atoms. The molecule has 0 unspecified atom stereocenters. The fourth-order valence-corrected chi connectivity index (χ4v) is 2.82. The summed E-state index contributed by atoms with van der Waals surface area (Å²) in [6.45, 7) is 3.31. The van der Waals surface area contributed by atoms with Gasteiger partial charge in [0.15, 0.2) is 0 Å². The second-order valence-corrected chi connectivity index (χ2v) is 7.08. The molecule has 1 N–H and O–H groups in total. The van der Waals surface area contributed by atoms with E-state index in [0.717, 1.165) is 44.9 Å². The van der Waals surface area contributed by atoms with Crippen LogP contribution in [-0.2, 0) is 14.3 Å². The van der Waals surface area contributed by atoms with Gasteiger partial charge in [0.2, 0.25) is 0 Å². The molecule has 0 aliphatic rings. The minimum atomic E-state index is -0.169. The molecule has 0 aromatic rings. The van der Waals surface area contributed by atoms with Crippen molar-refractivity contribution in [1.29, 1.82) is 0 Å². The van der Waals surface area contributed by atoms with Gasteiger partial charge in [-0.15, -0.1) is 0 Å². The average molecular weight is 371 g/mol. The van der Waals surface area contributed by atoms with E-state index < -0.39 is 0 Å². The van der Waals surface area contributed by atoms with E-state index in [-0.39, 0.29) is 12.1 Å². The molecule has 4 heteroatoms. The molecule has 0 aromatic carbocycles. The summed E-state index contributed by atoms with van der Waals surface area (Å²) in [7, 11) is 1.65. The number of carbonyl (C=O) groups is 1. The number of hydrogen-bond acceptors (Lipinski definition) is 4. The third-order valence-corrected chi connectivity index (χ3v) is 4.47. The topological polar surface area (TPSA) is 55.8 Å². The molecule has 0 amide bonds. The highest BCUT2D eigenvalue weighted by atomic mass is 16.5. The van der Waals surface area contributed by atoms with Crippen LogP contribution in [0.3, 0.4) is 0 Å². The number of unbranched alkanes of at least 4 members (excludes halogenated alkanes) is 8. The summed E-state index contributed by atoms with van der Waals surface area (Å²) < 4.78 is 10.0. The average Bonchev–Trinajstić information content (AvgIpc) is 2.64. The molecular weight excluding hydrogens is 328 g/mol. The van der Waals surface area contributed by atoms with Crippen LogP contribution in [0.1, 0.15) is 96.8 Å². The molecule has 0 aliphatic heterocycles. The Kier molecular flexibility index (Phi) is 19.8. The number of esters is 1. The third kappa shape index (κ3) is 19.5.